The number of methoxy groups -OCH3 is 3. The fraction of sp³-hybridized carbons (Fsp3) is 0.115. The summed E-state index contributed by atoms with van der Waals surface area (Å²) in [6, 6.07) is 24.9. The van der Waals surface area contributed by atoms with E-state index in [-0.39, 0.29) is 5.91 Å². The van der Waals surface area contributed by atoms with E-state index in [0.717, 1.165) is 33.3 Å². The van der Waals surface area contributed by atoms with Crippen LogP contribution in [-0.2, 0) is 0 Å². The third-order valence-corrected chi connectivity index (χ3v) is 5.17. The Hall–Kier alpha value is -3.99. The number of ether oxygens (including phenoxy) is 3. The second-order valence-electron chi connectivity index (χ2n) is 7.03. The van der Waals surface area contributed by atoms with Gasteiger partial charge in [0.2, 0.25) is 0 Å². The number of amides is 1. The first-order valence-electron chi connectivity index (χ1n) is 9.83. The second kappa shape index (κ2) is 8.79. The van der Waals surface area contributed by atoms with Crippen molar-refractivity contribution in [1.29, 1.82) is 0 Å². The fourth-order valence-corrected chi connectivity index (χ4v) is 3.46. The van der Waals surface area contributed by atoms with Crippen LogP contribution in [0.2, 0.25) is 0 Å². The molecule has 0 aromatic heterocycles. The van der Waals surface area contributed by atoms with Gasteiger partial charge in [0, 0.05) is 11.3 Å². The minimum Gasteiger partial charge on any atom is -0.497 e. The van der Waals surface area contributed by atoms with Crippen LogP contribution in [-0.4, -0.2) is 27.2 Å². The average Bonchev–Trinajstić information content (AvgIpc) is 2.83. The van der Waals surface area contributed by atoms with Gasteiger partial charge in [-0.2, -0.15) is 0 Å². The molecule has 0 atom stereocenters. The summed E-state index contributed by atoms with van der Waals surface area (Å²) in [6.07, 6.45) is 0. The highest BCUT2D eigenvalue weighted by molar-refractivity contribution is 6.06. The normalized spacial score (nSPS) is 10.5. The molecule has 0 fully saturated rings. The zero-order valence-corrected chi connectivity index (χ0v) is 17.6. The number of nitrogens with one attached hydrogen (secondary N) is 1. The first-order valence-corrected chi connectivity index (χ1v) is 9.83. The van der Waals surface area contributed by atoms with Gasteiger partial charge in [-0.05, 0) is 70.4 Å². The minimum atomic E-state index is -0.156. The molecule has 4 rings (SSSR count). The molecule has 0 unspecified atom stereocenters. The molecule has 0 bridgehead atoms. The molecule has 0 saturated heterocycles. The lowest BCUT2D eigenvalue weighted by atomic mass is 10.0. The maximum atomic E-state index is 12.7. The zero-order valence-electron chi connectivity index (χ0n) is 17.6. The predicted molar refractivity (Wildman–Crippen MR) is 123 cm³/mol. The molecule has 0 aliphatic carbocycles. The molecule has 0 spiro atoms. The van der Waals surface area contributed by atoms with E-state index in [1.54, 1.807) is 21.3 Å². The van der Waals surface area contributed by atoms with Crippen molar-refractivity contribution in [2.75, 3.05) is 26.6 Å². The Kier molecular flexibility index (Phi) is 5.76. The molecule has 5 heteroatoms. The molecule has 4 aromatic rings. The van der Waals surface area contributed by atoms with Gasteiger partial charge < -0.3 is 19.5 Å². The molecule has 0 aliphatic rings. The molecule has 31 heavy (non-hydrogen) atoms. The van der Waals surface area contributed by atoms with Gasteiger partial charge in [-0.25, -0.2) is 0 Å². The molecule has 0 aliphatic heterocycles. The van der Waals surface area contributed by atoms with E-state index < -0.39 is 0 Å². The summed E-state index contributed by atoms with van der Waals surface area (Å²) in [6.45, 7) is 0. The van der Waals surface area contributed by atoms with Gasteiger partial charge in [0.15, 0.2) is 11.5 Å². The highest BCUT2D eigenvalue weighted by Gasteiger charge is 2.09. The van der Waals surface area contributed by atoms with Crippen molar-refractivity contribution in [3.8, 4) is 28.4 Å². The van der Waals surface area contributed by atoms with Crippen molar-refractivity contribution < 1.29 is 19.0 Å². The van der Waals surface area contributed by atoms with Crippen molar-refractivity contribution in [2.24, 2.45) is 0 Å². The Labute approximate surface area is 181 Å². The van der Waals surface area contributed by atoms with Crippen LogP contribution in [0.4, 0.5) is 5.69 Å². The number of rotatable bonds is 6. The van der Waals surface area contributed by atoms with Crippen LogP contribution < -0.4 is 19.5 Å². The lowest BCUT2D eigenvalue weighted by Gasteiger charge is -2.11. The van der Waals surface area contributed by atoms with Crippen LogP contribution in [0.5, 0.6) is 17.2 Å². The lowest BCUT2D eigenvalue weighted by Crippen LogP contribution is -2.11. The van der Waals surface area contributed by atoms with Gasteiger partial charge in [-0.15, -0.1) is 0 Å². The molecule has 0 heterocycles. The SMILES string of the molecule is COc1ccc2cc(C(=O)Nc3ccc(-c4ccc(OC)c(OC)c4)cc3)ccc2c1. The Morgan fingerprint density at radius 1 is 0.645 bits per heavy atom. The minimum absolute atomic E-state index is 0.156. The summed E-state index contributed by atoms with van der Waals surface area (Å²) < 4.78 is 15.9. The maximum absolute atomic E-state index is 12.7. The molecule has 1 amide bonds. The quantitative estimate of drug-likeness (QED) is 0.435. The molecule has 0 radical (unpaired) electrons. The molecule has 4 aromatic carbocycles. The number of carbonyl (C=O) groups is 1. The smallest absolute Gasteiger partial charge is 0.255 e. The van der Waals surface area contributed by atoms with E-state index in [0.29, 0.717) is 17.1 Å². The van der Waals surface area contributed by atoms with Crippen molar-refractivity contribution >= 4 is 22.4 Å². The van der Waals surface area contributed by atoms with Crippen LogP contribution in [0.15, 0.2) is 78.9 Å². The van der Waals surface area contributed by atoms with Crippen LogP contribution in [0, 0.1) is 0 Å². The summed E-state index contributed by atoms with van der Waals surface area (Å²) in [5.41, 5.74) is 3.34. The lowest BCUT2D eigenvalue weighted by molar-refractivity contribution is 0.102. The van der Waals surface area contributed by atoms with Crippen molar-refractivity contribution in [3.05, 3.63) is 84.4 Å². The number of benzene rings is 4. The van der Waals surface area contributed by atoms with E-state index >= 15 is 0 Å². The van der Waals surface area contributed by atoms with E-state index in [1.165, 1.54) is 0 Å². The van der Waals surface area contributed by atoms with Gasteiger partial charge in [0.25, 0.3) is 5.91 Å². The van der Waals surface area contributed by atoms with Crippen LogP contribution in [0.1, 0.15) is 10.4 Å². The van der Waals surface area contributed by atoms with Gasteiger partial charge in [0.05, 0.1) is 21.3 Å². The molecule has 156 valence electrons. The molecular formula is C26H23NO4. The Morgan fingerprint density at radius 2 is 1.32 bits per heavy atom. The van der Waals surface area contributed by atoms with Crippen LogP contribution >= 0.6 is 0 Å². The highest BCUT2D eigenvalue weighted by Crippen LogP contribution is 2.32. The first kappa shape index (κ1) is 20.3. The van der Waals surface area contributed by atoms with Gasteiger partial charge in [-0.3, -0.25) is 4.79 Å². The highest BCUT2D eigenvalue weighted by atomic mass is 16.5. The van der Waals surface area contributed by atoms with Gasteiger partial charge in [0.1, 0.15) is 5.75 Å². The molecular weight excluding hydrogens is 390 g/mol. The summed E-state index contributed by atoms with van der Waals surface area (Å²) in [7, 11) is 4.87. The number of anilines is 1. The largest absolute Gasteiger partial charge is 0.497 e. The molecule has 5 nitrogen and oxygen atoms in total. The Morgan fingerprint density at radius 3 is 2.03 bits per heavy atom. The topological polar surface area (TPSA) is 56.8 Å². The maximum Gasteiger partial charge on any atom is 0.255 e. The zero-order chi connectivity index (χ0) is 21.8. The summed E-state index contributed by atoms with van der Waals surface area (Å²) in [5.74, 6) is 1.99. The van der Waals surface area contributed by atoms with Crippen molar-refractivity contribution in [3.63, 3.8) is 0 Å². The molecule has 1 N–H and O–H groups in total. The summed E-state index contributed by atoms with van der Waals surface area (Å²) in [4.78, 5) is 12.7. The van der Waals surface area contributed by atoms with Gasteiger partial charge >= 0.3 is 0 Å². The van der Waals surface area contributed by atoms with E-state index in [2.05, 4.69) is 5.32 Å². The third kappa shape index (κ3) is 4.31. The van der Waals surface area contributed by atoms with E-state index in [9.17, 15) is 4.79 Å². The van der Waals surface area contributed by atoms with Crippen molar-refractivity contribution in [2.45, 2.75) is 0 Å². The summed E-state index contributed by atoms with van der Waals surface area (Å²) >= 11 is 0. The van der Waals surface area contributed by atoms with E-state index in [4.69, 9.17) is 14.2 Å². The second-order valence-corrected chi connectivity index (χ2v) is 7.03. The number of hydrogen-bond donors (Lipinski definition) is 1. The predicted octanol–water partition coefficient (Wildman–Crippen LogP) is 5.78. The van der Waals surface area contributed by atoms with Crippen LogP contribution in [0.25, 0.3) is 21.9 Å². The standard InChI is InChI=1S/C26H23NO4/c1-29-23-12-8-18-14-21(5-4-19(18)15-23)26(28)27-22-10-6-17(7-11-22)20-9-13-24(30-2)25(16-20)31-3/h4-16H,1-3H3,(H,27,28). The fourth-order valence-electron chi connectivity index (χ4n) is 3.46. The summed E-state index contributed by atoms with van der Waals surface area (Å²) in [5, 5.41) is 4.96. The van der Waals surface area contributed by atoms with E-state index in [1.807, 2.05) is 78.9 Å². The Bertz CT molecular complexity index is 1230. The van der Waals surface area contributed by atoms with Crippen LogP contribution in [0.3, 0.4) is 0 Å². The number of carbonyl (C=O) groups excluding carboxylic acids is 1. The monoisotopic (exact) mass is 413 g/mol. The first-order chi connectivity index (χ1) is 15.1. The van der Waals surface area contributed by atoms with Gasteiger partial charge in [-0.1, -0.05) is 30.3 Å². The molecule has 0 saturated carbocycles. The Balaban J connectivity index is 1.51. The third-order valence-electron chi connectivity index (χ3n) is 5.17. The number of hydrogen-bond acceptors (Lipinski definition) is 4. The number of fused-ring (bicyclic) bond motifs is 1. The average molecular weight is 413 g/mol. The van der Waals surface area contributed by atoms with Crippen molar-refractivity contribution in [1.82, 2.24) is 0 Å².